The molecule has 14 nitrogen and oxygen atoms in total. The molecule has 6 aromatic rings. The first-order valence-electron chi connectivity index (χ1n) is 17.4. The highest BCUT2D eigenvalue weighted by Gasteiger charge is 2.42. The molecule has 2 aromatic carbocycles. The maximum Gasteiger partial charge on any atom is 0.245 e. The first-order valence-corrected chi connectivity index (χ1v) is 17.4. The Morgan fingerprint density at radius 3 is 2.75 bits per heavy atom. The Morgan fingerprint density at radius 1 is 1.02 bits per heavy atom. The van der Waals surface area contributed by atoms with E-state index in [1.54, 1.807) is 12.3 Å². The number of rotatable bonds is 4. The second kappa shape index (κ2) is 13.1. The molecule has 9 rings (SSSR count). The highest BCUT2D eigenvalue weighted by molar-refractivity contribution is 5.94. The average molecular weight is 726 g/mol. The Kier molecular flexibility index (Phi) is 8.18. The van der Waals surface area contributed by atoms with Crippen molar-refractivity contribution in [2.45, 2.75) is 51.1 Å². The molecule has 2 saturated heterocycles. The fraction of sp³-hybridized carbons (Fsp3) is 0.361. The van der Waals surface area contributed by atoms with Crippen LogP contribution in [0.15, 0.2) is 48.8 Å². The zero-order valence-electron chi connectivity index (χ0n) is 28.8. The summed E-state index contributed by atoms with van der Waals surface area (Å²) in [5.41, 5.74) is 2.57. The van der Waals surface area contributed by atoms with E-state index < -0.39 is 23.5 Å². The number of carbonyl (C=O) groups excluding carboxylic acids is 1. The smallest absolute Gasteiger partial charge is 0.245 e. The molecule has 3 atom stereocenters. The van der Waals surface area contributed by atoms with Gasteiger partial charge in [-0.3, -0.25) is 4.79 Å². The van der Waals surface area contributed by atoms with Crippen LogP contribution in [0.5, 0.6) is 0 Å². The molecule has 53 heavy (non-hydrogen) atoms. The number of imidazole rings is 1. The van der Waals surface area contributed by atoms with Crippen molar-refractivity contribution in [2.75, 3.05) is 43.6 Å². The fourth-order valence-electron chi connectivity index (χ4n) is 7.74. The number of methoxy groups -OCH3 is 1. The largest absolute Gasteiger partial charge is 0.377 e. The van der Waals surface area contributed by atoms with E-state index in [4.69, 9.17) is 19.4 Å². The number of aromatic nitrogens is 8. The van der Waals surface area contributed by atoms with Gasteiger partial charge in [-0.15, -0.1) is 0 Å². The maximum atomic E-state index is 15.1. The highest BCUT2D eigenvalue weighted by Crippen LogP contribution is 2.35. The highest BCUT2D eigenvalue weighted by atomic mass is 19.1. The lowest BCUT2D eigenvalue weighted by Crippen LogP contribution is -2.48. The predicted octanol–water partition coefficient (Wildman–Crippen LogP) is 4.18. The molecule has 1 N–H and O–H groups in total. The van der Waals surface area contributed by atoms with E-state index in [0.29, 0.717) is 85.4 Å². The summed E-state index contributed by atoms with van der Waals surface area (Å²) in [5.74, 6) is -0.388. The zero-order valence-corrected chi connectivity index (χ0v) is 28.8. The van der Waals surface area contributed by atoms with Crippen LogP contribution in [0.1, 0.15) is 24.5 Å². The second-order valence-electron chi connectivity index (χ2n) is 13.5. The topological polar surface area (TPSA) is 141 Å². The molecule has 0 saturated carbocycles. The maximum absolute atomic E-state index is 15.1. The number of ether oxygens (including phenoxy) is 2. The molecule has 17 heteroatoms. The summed E-state index contributed by atoms with van der Waals surface area (Å²) < 4.78 is 59.0. The fourth-order valence-corrected chi connectivity index (χ4v) is 7.74. The standard InChI is InChI=1S/C36H34F3N11O3/c1-19-42-28-12-21(38)10-24-27-6-7-40-36(44-27)43-22-13-30(35(51)47-8-3-9-53-23(16-47)17-48(19)32(24)28)49(15-22)33-25-14-41-50(29-5-4-20(37)11-26(29)39)34(25)46-31(45-33)18-52-2/h4-7,10-12,14,22-23,30H,3,8-9,13,15-18H2,1-2H3,(H,40,43,44)/t22-,23-,30-/m0/s1. The van der Waals surface area contributed by atoms with Gasteiger partial charge in [0.2, 0.25) is 11.9 Å². The van der Waals surface area contributed by atoms with Gasteiger partial charge < -0.3 is 29.2 Å². The first kappa shape index (κ1) is 33.2. The molecule has 0 spiro atoms. The summed E-state index contributed by atoms with van der Waals surface area (Å²) in [7, 11) is 1.51. The molecule has 7 heterocycles. The lowest BCUT2D eigenvalue weighted by Gasteiger charge is -2.31. The van der Waals surface area contributed by atoms with Gasteiger partial charge in [0.15, 0.2) is 17.3 Å². The Bertz CT molecular complexity index is 2400. The van der Waals surface area contributed by atoms with Crippen LogP contribution < -0.4 is 10.2 Å². The number of amides is 1. The van der Waals surface area contributed by atoms with Gasteiger partial charge >= 0.3 is 0 Å². The molecule has 4 aromatic heterocycles. The lowest BCUT2D eigenvalue weighted by molar-refractivity contribution is -0.133. The van der Waals surface area contributed by atoms with Gasteiger partial charge in [0.05, 0.1) is 41.0 Å². The van der Waals surface area contributed by atoms with E-state index in [1.165, 1.54) is 36.2 Å². The van der Waals surface area contributed by atoms with E-state index >= 15 is 8.78 Å². The molecule has 3 aliphatic rings. The molecule has 0 radical (unpaired) electrons. The average Bonchev–Trinajstić information content (AvgIpc) is 3.77. The van der Waals surface area contributed by atoms with Crippen molar-refractivity contribution < 1.29 is 27.4 Å². The van der Waals surface area contributed by atoms with Gasteiger partial charge in [0.25, 0.3) is 0 Å². The molecule has 0 aliphatic carbocycles. The van der Waals surface area contributed by atoms with Crippen molar-refractivity contribution in [1.29, 1.82) is 0 Å². The Balaban J connectivity index is 1.18. The molecule has 3 aliphatic heterocycles. The monoisotopic (exact) mass is 725 g/mol. The van der Waals surface area contributed by atoms with E-state index in [9.17, 15) is 9.18 Å². The molecular weight excluding hydrogens is 691 g/mol. The van der Waals surface area contributed by atoms with E-state index in [2.05, 4.69) is 25.4 Å². The van der Waals surface area contributed by atoms with E-state index in [1.807, 2.05) is 21.3 Å². The van der Waals surface area contributed by atoms with Crippen molar-refractivity contribution in [1.82, 2.24) is 44.2 Å². The third-order valence-electron chi connectivity index (χ3n) is 10.0. The van der Waals surface area contributed by atoms with Crippen LogP contribution in [0.25, 0.3) is 39.0 Å². The van der Waals surface area contributed by atoms with Crippen LogP contribution in [0.4, 0.5) is 24.9 Å². The molecule has 1 amide bonds. The number of carbonyl (C=O) groups is 1. The minimum absolute atomic E-state index is 0.00365. The number of hydrogen-bond acceptors (Lipinski definition) is 11. The third-order valence-corrected chi connectivity index (χ3v) is 10.0. The summed E-state index contributed by atoms with van der Waals surface area (Å²) in [5, 5.41) is 8.33. The minimum atomic E-state index is -0.813. The molecule has 272 valence electrons. The summed E-state index contributed by atoms with van der Waals surface area (Å²) in [4.78, 5) is 42.1. The van der Waals surface area contributed by atoms with Crippen molar-refractivity contribution in [3.05, 3.63) is 77.9 Å². The van der Waals surface area contributed by atoms with Crippen LogP contribution in [0, 0.1) is 24.4 Å². The van der Waals surface area contributed by atoms with Gasteiger partial charge in [0, 0.05) is 63.3 Å². The number of nitrogens with one attached hydrogen (secondary N) is 1. The number of nitrogens with zero attached hydrogens (tertiary/aromatic N) is 10. The number of hydrogen-bond donors (Lipinski definition) is 1. The number of halogens is 3. The summed E-state index contributed by atoms with van der Waals surface area (Å²) in [6.45, 7) is 3.85. The van der Waals surface area contributed by atoms with Gasteiger partial charge in [-0.2, -0.15) is 5.10 Å². The van der Waals surface area contributed by atoms with Gasteiger partial charge in [0.1, 0.15) is 41.6 Å². The number of benzene rings is 2. The van der Waals surface area contributed by atoms with Crippen LogP contribution in [-0.4, -0.2) is 102 Å². The molecule has 2 fully saturated rings. The second-order valence-corrected chi connectivity index (χ2v) is 13.5. The van der Waals surface area contributed by atoms with Crippen LogP contribution in [0.2, 0.25) is 0 Å². The van der Waals surface area contributed by atoms with Crippen molar-refractivity contribution >= 4 is 39.7 Å². The lowest BCUT2D eigenvalue weighted by atomic mass is 10.1. The predicted molar refractivity (Wildman–Crippen MR) is 187 cm³/mol. The Morgan fingerprint density at radius 2 is 1.91 bits per heavy atom. The number of anilines is 2. The molecule has 6 bridgehead atoms. The summed E-state index contributed by atoms with van der Waals surface area (Å²) in [6.07, 6.45) is 3.76. The molecular formula is C36H34F3N11O3. The van der Waals surface area contributed by atoms with Gasteiger partial charge in [-0.25, -0.2) is 42.8 Å². The molecule has 0 unspecified atom stereocenters. The van der Waals surface area contributed by atoms with E-state index in [-0.39, 0.29) is 41.8 Å². The van der Waals surface area contributed by atoms with Crippen molar-refractivity contribution in [3.63, 3.8) is 0 Å². The van der Waals surface area contributed by atoms with E-state index in [0.717, 1.165) is 17.6 Å². The summed E-state index contributed by atoms with van der Waals surface area (Å²) in [6, 6.07) is 6.81. The third kappa shape index (κ3) is 5.89. The normalized spacial score (nSPS) is 20.4. The minimum Gasteiger partial charge on any atom is -0.377 e. The van der Waals surface area contributed by atoms with Crippen molar-refractivity contribution in [2.24, 2.45) is 0 Å². The van der Waals surface area contributed by atoms with Crippen LogP contribution >= 0.6 is 0 Å². The quantitative estimate of drug-likeness (QED) is 0.280. The summed E-state index contributed by atoms with van der Waals surface area (Å²) >= 11 is 0. The Hall–Kier alpha value is -5.68. The van der Waals surface area contributed by atoms with Crippen LogP contribution in [-0.2, 0) is 27.4 Å². The number of fused-ring (bicyclic) bond motifs is 8. The SMILES string of the molecule is COCc1nc(N2C[C@@H]3C[C@H]2C(=O)N2CCCO[C@@H](C2)Cn2c(C)nc4cc(F)cc(c42)-c2ccnc(n2)N3)c2cnn(-c3ccc(F)cc3F)c2n1. The Labute approximate surface area is 300 Å². The van der Waals surface area contributed by atoms with Gasteiger partial charge in [-0.05, 0) is 44.0 Å². The zero-order chi connectivity index (χ0) is 36.4. The van der Waals surface area contributed by atoms with Crippen molar-refractivity contribution in [3.8, 4) is 16.9 Å². The van der Waals surface area contributed by atoms with Crippen LogP contribution in [0.3, 0.4) is 0 Å². The first-order chi connectivity index (χ1) is 25.7. The number of aryl methyl sites for hydroxylation is 1. The van der Waals surface area contributed by atoms with Gasteiger partial charge in [-0.1, -0.05) is 0 Å².